The van der Waals surface area contributed by atoms with Gasteiger partial charge in [-0.1, -0.05) is 37.6 Å². The summed E-state index contributed by atoms with van der Waals surface area (Å²) in [7, 11) is 1.53. The number of nitrogens with two attached hydrogens (primary N) is 1. The molecule has 2 aromatic heterocycles. The van der Waals surface area contributed by atoms with Crippen molar-refractivity contribution < 1.29 is 19.0 Å². The number of esters is 1. The van der Waals surface area contributed by atoms with Crippen LogP contribution in [0.3, 0.4) is 0 Å². The van der Waals surface area contributed by atoms with Crippen LogP contribution in [0.2, 0.25) is 5.02 Å². The number of halogens is 1. The largest absolute Gasteiger partial charge is 0.493 e. The second-order valence-electron chi connectivity index (χ2n) is 10.1. The van der Waals surface area contributed by atoms with Crippen molar-refractivity contribution in [1.29, 1.82) is 0 Å². The van der Waals surface area contributed by atoms with E-state index in [1.807, 2.05) is 26.0 Å². The lowest BCUT2D eigenvalue weighted by Gasteiger charge is -2.22. The Kier molecular flexibility index (Phi) is 7.63. The maximum Gasteiger partial charge on any atom is 0.323 e. The maximum absolute atomic E-state index is 13.4. The zero-order chi connectivity index (χ0) is 27.7. The number of hydrogen-bond acceptors (Lipinski definition) is 7. The van der Waals surface area contributed by atoms with E-state index in [1.165, 1.54) is 18.0 Å². The van der Waals surface area contributed by atoms with Crippen molar-refractivity contribution in [2.24, 2.45) is 17.6 Å². The molecule has 1 aliphatic carbocycles. The highest BCUT2D eigenvalue weighted by molar-refractivity contribution is 6.30. The lowest BCUT2D eigenvalue weighted by atomic mass is 10.1. The molecule has 2 atom stereocenters. The minimum Gasteiger partial charge on any atom is -0.493 e. The van der Waals surface area contributed by atoms with E-state index < -0.39 is 12.0 Å². The van der Waals surface area contributed by atoms with Gasteiger partial charge in [0, 0.05) is 22.8 Å². The van der Waals surface area contributed by atoms with Gasteiger partial charge in [0.2, 0.25) is 0 Å². The van der Waals surface area contributed by atoms with Crippen LogP contribution in [0.4, 0.5) is 0 Å². The molecule has 2 aromatic carbocycles. The normalized spacial score (nSPS) is 14.8. The molecule has 1 saturated carbocycles. The Hall–Kier alpha value is -3.82. The number of benzene rings is 2. The summed E-state index contributed by atoms with van der Waals surface area (Å²) in [5, 5.41) is 5.07. The third-order valence-corrected chi connectivity index (χ3v) is 7.19. The molecule has 10 heteroatoms. The Morgan fingerprint density at radius 3 is 2.51 bits per heavy atom. The minimum absolute atomic E-state index is 0.0150. The van der Waals surface area contributed by atoms with Crippen LogP contribution in [0.5, 0.6) is 11.5 Å². The molecular weight excluding hydrogens is 520 g/mol. The average Bonchev–Trinajstić information content (AvgIpc) is 3.69. The van der Waals surface area contributed by atoms with Gasteiger partial charge in [-0.2, -0.15) is 5.10 Å². The number of ether oxygens (including phenoxy) is 3. The van der Waals surface area contributed by atoms with Crippen LogP contribution in [0.1, 0.15) is 26.7 Å². The topological polar surface area (TPSA) is 110 Å². The fraction of sp³-hybridized carbons (Fsp3) is 0.345. The summed E-state index contributed by atoms with van der Waals surface area (Å²) in [5.41, 5.74) is 8.51. The van der Waals surface area contributed by atoms with Gasteiger partial charge in [0.25, 0.3) is 5.56 Å². The van der Waals surface area contributed by atoms with Gasteiger partial charge in [0.15, 0.2) is 11.5 Å². The summed E-state index contributed by atoms with van der Waals surface area (Å²) in [6.07, 6.45) is 4.85. The fourth-order valence-corrected chi connectivity index (χ4v) is 4.43. The molecule has 0 amide bonds. The van der Waals surface area contributed by atoms with E-state index in [1.54, 1.807) is 47.1 Å². The van der Waals surface area contributed by atoms with Gasteiger partial charge in [0.05, 0.1) is 12.8 Å². The third kappa shape index (κ3) is 5.79. The summed E-state index contributed by atoms with van der Waals surface area (Å²) in [6, 6.07) is 13.7. The van der Waals surface area contributed by atoms with Crippen LogP contribution >= 0.6 is 11.6 Å². The predicted molar refractivity (Wildman–Crippen MR) is 149 cm³/mol. The van der Waals surface area contributed by atoms with Crippen molar-refractivity contribution in [1.82, 2.24) is 14.2 Å². The van der Waals surface area contributed by atoms with Crippen molar-refractivity contribution >= 4 is 23.1 Å². The summed E-state index contributed by atoms with van der Waals surface area (Å²) < 4.78 is 20.3. The van der Waals surface area contributed by atoms with Gasteiger partial charge in [-0.25, -0.2) is 4.52 Å². The Morgan fingerprint density at radius 2 is 1.85 bits per heavy atom. The first-order chi connectivity index (χ1) is 18.7. The molecule has 0 radical (unpaired) electrons. The second-order valence-corrected chi connectivity index (χ2v) is 10.5. The molecule has 4 aromatic rings. The SMILES string of the molecule is COc1cc(-n2cnn3cc(-c4ccc(Cl)cc4)cc3c2=O)ccc1OCC(OC(=O)[C@@H](N)C(C)C)C1CC1. The quantitative estimate of drug-likeness (QED) is 0.289. The molecule has 39 heavy (non-hydrogen) atoms. The van der Waals surface area contributed by atoms with Crippen molar-refractivity contribution in [2.45, 2.75) is 38.8 Å². The molecule has 1 unspecified atom stereocenters. The molecule has 0 spiro atoms. The van der Waals surface area contributed by atoms with Crippen LogP contribution in [-0.2, 0) is 9.53 Å². The monoisotopic (exact) mass is 550 g/mol. The lowest BCUT2D eigenvalue weighted by Crippen LogP contribution is -2.40. The number of aromatic nitrogens is 3. The molecular formula is C29H31ClN4O5. The highest BCUT2D eigenvalue weighted by Crippen LogP contribution is 2.36. The zero-order valence-corrected chi connectivity index (χ0v) is 22.8. The molecule has 0 bridgehead atoms. The van der Waals surface area contributed by atoms with Crippen LogP contribution in [-0.4, -0.2) is 46.0 Å². The standard InChI is InChI=1S/C29H31ClN4O5/c1-17(2)27(31)29(36)39-26(19-4-5-19)15-38-24-11-10-22(13-25(24)37-3)33-16-32-34-14-20(12-23(34)28(33)35)18-6-8-21(30)9-7-18/h6-14,16-17,19,26-27H,4-5,15,31H2,1-3H3/t26?,27-/m0/s1. The van der Waals surface area contributed by atoms with Crippen LogP contribution in [0.25, 0.3) is 22.3 Å². The molecule has 1 fully saturated rings. The van der Waals surface area contributed by atoms with Gasteiger partial charge < -0.3 is 19.9 Å². The summed E-state index contributed by atoms with van der Waals surface area (Å²) >= 11 is 6.01. The first kappa shape index (κ1) is 26.8. The summed E-state index contributed by atoms with van der Waals surface area (Å²) in [4.78, 5) is 25.8. The van der Waals surface area contributed by atoms with Gasteiger partial charge in [-0.05, 0) is 60.6 Å². The number of carbonyl (C=O) groups excluding carboxylic acids is 1. The third-order valence-electron chi connectivity index (χ3n) is 6.94. The van der Waals surface area contributed by atoms with Crippen molar-refractivity contribution in [2.75, 3.05) is 13.7 Å². The Bertz CT molecular complexity index is 1540. The second kappa shape index (κ2) is 11.1. The van der Waals surface area contributed by atoms with E-state index in [4.69, 9.17) is 31.5 Å². The Balaban J connectivity index is 1.36. The van der Waals surface area contributed by atoms with E-state index in [9.17, 15) is 9.59 Å². The maximum atomic E-state index is 13.4. The summed E-state index contributed by atoms with van der Waals surface area (Å²) in [5.74, 6) is 0.746. The molecule has 0 saturated heterocycles. The Labute approximate surface area is 231 Å². The van der Waals surface area contributed by atoms with Crippen LogP contribution in [0.15, 0.2) is 65.8 Å². The van der Waals surface area contributed by atoms with E-state index in [0.717, 1.165) is 24.0 Å². The van der Waals surface area contributed by atoms with E-state index in [0.29, 0.717) is 27.7 Å². The number of hydrogen-bond donors (Lipinski definition) is 1. The molecule has 204 valence electrons. The fourth-order valence-electron chi connectivity index (χ4n) is 4.31. The number of rotatable bonds is 10. The average molecular weight is 551 g/mol. The van der Waals surface area contributed by atoms with Gasteiger partial charge in [-0.15, -0.1) is 0 Å². The number of nitrogens with zero attached hydrogens (tertiary/aromatic N) is 3. The molecule has 9 nitrogen and oxygen atoms in total. The number of fused-ring (bicyclic) bond motifs is 1. The highest BCUT2D eigenvalue weighted by Gasteiger charge is 2.36. The highest BCUT2D eigenvalue weighted by atomic mass is 35.5. The number of methoxy groups -OCH3 is 1. The van der Waals surface area contributed by atoms with E-state index in [2.05, 4.69) is 5.10 Å². The van der Waals surface area contributed by atoms with Crippen molar-refractivity contribution in [3.63, 3.8) is 0 Å². The predicted octanol–water partition coefficient (Wildman–Crippen LogP) is 4.50. The molecule has 5 rings (SSSR count). The molecule has 2 N–H and O–H groups in total. The minimum atomic E-state index is -0.674. The first-order valence-corrected chi connectivity index (χ1v) is 13.3. The zero-order valence-electron chi connectivity index (χ0n) is 22.0. The van der Waals surface area contributed by atoms with Gasteiger partial charge in [0.1, 0.15) is 30.6 Å². The molecule has 2 heterocycles. The van der Waals surface area contributed by atoms with Crippen molar-refractivity contribution in [3.8, 4) is 28.3 Å². The van der Waals surface area contributed by atoms with Crippen LogP contribution < -0.4 is 20.8 Å². The van der Waals surface area contributed by atoms with Gasteiger partial charge >= 0.3 is 5.97 Å². The van der Waals surface area contributed by atoms with E-state index >= 15 is 0 Å². The number of carbonyl (C=O) groups is 1. The Morgan fingerprint density at radius 1 is 1.10 bits per heavy atom. The van der Waals surface area contributed by atoms with Gasteiger partial charge in [-0.3, -0.25) is 14.2 Å². The lowest BCUT2D eigenvalue weighted by molar-refractivity contribution is -0.154. The summed E-state index contributed by atoms with van der Waals surface area (Å²) in [6.45, 7) is 3.95. The molecule has 1 aliphatic rings. The smallest absolute Gasteiger partial charge is 0.323 e. The van der Waals surface area contributed by atoms with Crippen molar-refractivity contribution in [3.05, 3.63) is 76.4 Å². The first-order valence-electron chi connectivity index (χ1n) is 12.9. The molecule has 0 aliphatic heterocycles. The van der Waals surface area contributed by atoms with E-state index in [-0.39, 0.29) is 30.1 Å². The van der Waals surface area contributed by atoms with Crippen LogP contribution in [0, 0.1) is 11.8 Å².